The van der Waals surface area contributed by atoms with E-state index < -0.39 is 6.10 Å². The van der Waals surface area contributed by atoms with E-state index in [1.54, 1.807) is 6.07 Å². The Kier molecular flexibility index (Phi) is 5.49. The summed E-state index contributed by atoms with van der Waals surface area (Å²) in [6.45, 7) is 7.40. The third-order valence-electron chi connectivity index (χ3n) is 4.21. The number of pyridine rings is 1. The number of nitrogens with zero attached hydrogens (tertiary/aromatic N) is 2. The average Bonchev–Trinajstić information content (AvgIpc) is 2.86. The van der Waals surface area contributed by atoms with Crippen LogP contribution in [0, 0.1) is 17.7 Å². The first-order chi connectivity index (χ1) is 9.60. The average molecular weight is 280 g/mol. The number of hydrogen-bond donors (Lipinski definition) is 1. The number of likely N-dealkylation sites (tertiary alicyclic amines) is 1. The Morgan fingerprint density at radius 3 is 2.95 bits per heavy atom. The van der Waals surface area contributed by atoms with Gasteiger partial charge in [-0.25, -0.2) is 4.39 Å². The summed E-state index contributed by atoms with van der Waals surface area (Å²) in [7, 11) is 0. The SMILES string of the molecule is CCCC1CCN(CC(C)C(O)c2ccc(F)cn2)C1. The molecule has 1 N–H and O–H groups in total. The standard InChI is InChI=1S/C16H25FN2O/c1-3-4-13-7-8-19(11-13)10-12(2)16(20)15-6-5-14(17)9-18-15/h5-6,9,12-13,16,20H,3-4,7-8,10-11H2,1-2H3. The number of aliphatic hydroxyl groups excluding tert-OH is 1. The van der Waals surface area contributed by atoms with Crippen molar-refractivity contribution in [2.45, 2.75) is 39.2 Å². The minimum absolute atomic E-state index is 0.105. The zero-order chi connectivity index (χ0) is 14.5. The zero-order valence-corrected chi connectivity index (χ0v) is 12.4. The number of aliphatic hydroxyl groups is 1. The van der Waals surface area contributed by atoms with Crippen molar-refractivity contribution >= 4 is 0 Å². The third-order valence-corrected chi connectivity index (χ3v) is 4.21. The van der Waals surface area contributed by atoms with E-state index in [0.29, 0.717) is 5.69 Å². The maximum Gasteiger partial charge on any atom is 0.141 e. The predicted molar refractivity (Wildman–Crippen MR) is 77.8 cm³/mol. The molecule has 1 aliphatic heterocycles. The molecular formula is C16H25FN2O. The second kappa shape index (κ2) is 7.14. The van der Waals surface area contributed by atoms with Gasteiger partial charge < -0.3 is 10.0 Å². The first-order valence-corrected chi connectivity index (χ1v) is 7.62. The fourth-order valence-corrected chi connectivity index (χ4v) is 3.08. The highest BCUT2D eigenvalue weighted by atomic mass is 19.1. The Balaban J connectivity index is 1.85. The van der Waals surface area contributed by atoms with Crippen LogP contribution in [-0.4, -0.2) is 34.6 Å². The third kappa shape index (κ3) is 4.00. The summed E-state index contributed by atoms with van der Waals surface area (Å²) in [5.41, 5.74) is 0.559. The molecule has 4 heteroatoms. The summed E-state index contributed by atoms with van der Waals surface area (Å²) < 4.78 is 12.8. The van der Waals surface area contributed by atoms with Crippen LogP contribution >= 0.6 is 0 Å². The van der Waals surface area contributed by atoms with Crippen molar-refractivity contribution in [2.24, 2.45) is 11.8 Å². The Morgan fingerprint density at radius 2 is 2.30 bits per heavy atom. The smallest absolute Gasteiger partial charge is 0.141 e. The van der Waals surface area contributed by atoms with Crippen LogP contribution in [0.5, 0.6) is 0 Å². The Labute approximate surface area is 120 Å². The molecule has 0 aromatic carbocycles. The summed E-state index contributed by atoms with van der Waals surface area (Å²) in [5, 5.41) is 10.3. The molecule has 1 fully saturated rings. The van der Waals surface area contributed by atoms with Crippen LogP contribution in [0.4, 0.5) is 4.39 Å². The van der Waals surface area contributed by atoms with E-state index >= 15 is 0 Å². The Bertz CT molecular complexity index is 409. The molecule has 0 spiro atoms. The lowest BCUT2D eigenvalue weighted by Gasteiger charge is -2.24. The van der Waals surface area contributed by atoms with Crippen LogP contribution in [0.25, 0.3) is 0 Å². The molecule has 1 saturated heterocycles. The van der Waals surface area contributed by atoms with Gasteiger partial charge in [0.05, 0.1) is 18.0 Å². The number of rotatable bonds is 6. The van der Waals surface area contributed by atoms with Crippen molar-refractivity contribution in [3.63, 3.8) is 0 Å². The van der Waals surface area contributed by atoms with Gasteiger partial charge in [0.1, 0.15) is 5.82 Å². The fraction of sp³-hybridized carbons (Fsp3) is 0.688. The first-order valence-electron chi connectivity index (χ1n) is 7.62. The minimum atomic E-state index is -0.624. The van der Waals surface area contributed by atoms with Crippen LogP contribution < -0.4 is 0 Å². The lowest BCUT2D eigenvalue weighted by atomic mass is 10.0. The van der Waals surface area contributed by atoms with E-state index in [1.165, 1.54) is 31.5 Å². The largest absolute Gasteiger partial charge is 0.386 e. The van der Waals surface area contributed by atoms with E-state index in [2.05, 4.69) is 16.8 Å². The lowest BCUT2D eigenvalue weighted by molar-refractivity contribution is 0.0898. The predicted octanol–water partition coefficient (Wildman–Crippen LogP) is 3.01. The summed E-state index contributed by atoms with van der Waals surface area (Å²) in [6, 6.07) is 2.92. The Morgan fingerprint density at radius 1 is 1.50 bits per heavy atom. The van der Waals surface area contributed by atoms with Crippen molar-refractivity contribution in [3.05, 3.63) is 29.8 Å². The maximum atomic E-state index is 12.8. The summed E-state index contributed by atoms with van der Waals surface area (Å²) >= 11 is 0. The summed E-state index contributed by atoms with van der Waals surface area (Å²) in [6.07, 6.45) is 4.35. The van der Waals surface area contributed by atoms with Crippen molar-refractivity contribution in [2.75, 3.05) is 19.6 Å². The van der Waals surface area contributed by atoms with E-state index in [9.17, 15) is 9.50 Å². The monoisotopic (exact) mass is 280 g/mol. The maximum absolute atomic E-state index is 12.8. The topological polar surface area (TPSA) is 36.4 Å². The quantitative estimate of drug-likeness (QED) is 0.870. The minimum Gasteiger partial charge on any atom is -0.386 e. The van der Waals surface area contributed by atoms with Crippen LogP contribution in [0.15, 0.2) is 18.3 Å². The molecule has 1 aromatic heterocycles. The lowest BCUT2D eigenvalue weighted by Crippen LogP contribution is -2.29. The van der Waals surface area contributed by atoms with Gasteiger partial charge in [0.15, 0.2) is 0 Å². The van der Waals surface area contributed by atoms with Gasteiger partial charge in [0.2, 0.25) is 0 Å². The number of hydrogen-bond acceptors (Lipinski definition) is 3. The van der Waals surface area contributed by atoms with Crippen molar-refractivity contribution in [3.8, 4) is 0 Å². The van der Waals surface area contributed by atoms with Crippen LogP contribution in [-0.2, 0) is 0 Å². The molecule has 0 amide bonds. The Hall–Kier alpha value is -1.00. The van der Waals surface area contributed by atoms with Crippen molar-refractivity contribution in [1.29, 1.82) is 0 Å². The first kappa shape index (κ1) is 15.4. The second-order valence-corrected chi connectivity index (χ2v) is 6.03. The van der Waals surface area contributed by atoms with E-state index in [4.69, 9.17) is 0 Å². The van der Waals surface area contributed by atoms with Gasteiger partial charge in [-0.15, -0.1) is 0 Å². The molecule has 0 bridgehead atoms. The molecule has 2 heterocycles. The van der Waals surface area contributed by atoms with Gasteiger partial charge >= 0.3 is 0 Å². The summed E-state index contributed by atoms with van der Waals surface area (Å²) in [5.74, 6) is 0.553. The second-order valence-electron chi connectivity index (χ2n) is 6.03. The van der Waals surface area contributed by atoms with Crippen LogP contribution in [0.1, 0.15) is 44.9 Å². The molecule has 3 unspecified atom stereocenters. The molecule has 0 radical (unpaired) electrons. The number of halogens is 1. The van der Waals surface area contributed by atoms with E-state index in [-0.39, 0.29) is 11.7 Å². The van der Waals surface area contributed by atoms with Gasteiger partial charge in [0, 0.05) is 19.0 Å². The van der Waals surface area contributed by atoms with Crippen LogP contribution in [0.3, 0.4) is 0 Å². The highest BCUT2D eigenvalue weighted by Crippen LogP contribution is 2.25. The number of aromatic nitrogens is 1. The van der Waals surface area contributed by atoms with Gasteiger partial charge in [0.25, 0.3) is 0 Å². The molecule has 20 heavy (non-hydrogen) atoms. The van der Waals surface area contributed by atoms with Gasteiger partial charge in [-0.3, -0.25) is 4.98 Å². The van der Waals surface area contributed by atoms with Crippen molar-refractivity contribution < 1.29 is 9.50 Å². The van der Waals surface area contributed by atoms with Gasteiger partial charge in [-0.1, -0.05) is 20.3 Å². The molecule has 1 aliphatic rings. The molecule has 2 rings (SSSR count). The fourth-order valence-electron chi connectivity index (χ4n) is 3.08. The molecule has 112 valence electrons. The highest BCUT2D eigenvalue weighted by Gasteiger charge is 2.26. The van der Waals surface area contributed by atoms with E-state index in [1.807, 2.05) is 6.92 Å². The molecule has 1 aromatic rings. The molecular weight excluding hydrogens is 255 g/mol. The normalized spacial score (nSPS) is 22.9. The highest BCUT2D eigenvalue weighted by molar-refractivity contribution is 5.09. The van der Waals surface area contributed by atoms with E-state index in [0.717, 1.165) is 25.6 Å². The zero-order valence-electron chi connectivity index (χ0n) is 12.4. The van der Waals surface area contributed by atoms with Crippen molar-refractivity contribution in [1.82, 2.24) is 9.88 Å². The van der Waals surface area contributed by atoms with Gasteiger partial charge in [-0.2, -0.15) is 0 Å². The molecule has 3 nitrogen and oxygen atoms in total. The van der Waals surface area contributed by atoms with Gasteiger partial charge in [-0.05, 0) is 37.4 Å². The van der Waals surface area contributed by atoms with Crippen LogP contribution in [0.2, 0.25) is 0 Å². The molecule has 0 aliphatic carbocycles. The molecule has 0 saturated carbocycles. The summed E-state index contributed by atoms with van der Waals surface area (Å²) in [4.78, 5) is 6.40. The molecule has 3 atom stereocenters.